The minimum absolute atomic E-state index is 0.184. The van der Waals surface area contributed by atoms with Crippen LogP contribution in [0.25, 0.3) is 0 Å². The van der Waals surface area contributed by atoms with E-state index in [2.05, 4.69) is 59.7 Å². The summed E-state index contributed by atoms with van der Waals surface area (Å²) < 4.78 is 5.97. The summed E-state index contributed by atoms with van der Waals surface area (Å²) in [6, 6.07) is 10.5. The number of nitrogens with one attached hydrogen (secondary N) is 2. The molecule has 3 unspecified atom stereocenters. The molecule has 132 valence electrons. The van der Waals surface area contributed by atoms with E-state index in [9.17, 15) is 0 Å². The number of nitrogens with zero attached hydrogens (tertiary/aromatic N) is 1. The molecule has 2 fully saturated rings. The highest BCUT2D eigenvalue weighted by molar-refractivity contribution is 8.00. The summed E-state index contributed by atoms with van der Waals surface area (Å²) in [5.41, 5.74) is 1.27. The Kier molecular flexibility index (Phi) is 6.85. The van der Waals surface area contributed by atoms with Gasteiger partial charge < -0.3 is 15.4 Å². The zero-order valence-corrected chi connectivity index (χ0v) is 15.4. The van der Waals surface area contributed by atoms with Crippen LogP contribution in [-0.4, -0.2) is 43.2 Å². The van der Waals surface area contributed by atoms with Gasteiger partial charge in [-0.05, 0) is 37.5 Å². The molecular formula is C19H29N3OS. The number of benzene rings is 1. The van der Waals surface area contributed by atoms with Crippen LogP contribution in [0.5, 0.6) is 0 Å². The highest BCUT2D eigenvalue weighted by atomic mass is 32.2. The van der Waals surface area contributed by atoms with Gasteiger partial charge in [0.1, 0.15) is 0 Å². The van der Waals surface area contributed by atoms with Crippen molar-refractivity contribution < 1.29 is 4.74 Å². The molecule has 0 aliphatic carbocycles. The third-order valence-electron chi connectivity index (χ3n) is 4.69. The second-order valence-electron chi connectivity index (χ2n) is 6.49. The fourth-order valence-electron chi connectivity index (χ4n) is 3.40. The van der Waals surface area contributed by atoms with Crippen LogP contribution in [0.15, 0.2) is 35.3 Å². The van der Waals surface area contributed by atoms with Crippen LogP contribution in [0.4, 0.5) is 0 Å². The molecule has 1 aromatic carbocycles. The Morgan fingerprint density at radius 3 is 2.88 bits per heavy atom. The molecule has 0 aromatic heterocycles. The number of rotatable bonds is 6. The fraction of sp³-hybridized carbons (Fsp3) is 0.632. The van der Waals surface area contributed by atoms with Gasteiger partial charge >= 0.3 is 0 Å². The van der Waals surface area contributed by atoms with Gasteiger partial charge in [-0.15, -0.1) is 0 Å². The van der Waals surface area contributed by atoms with Crippen molar-refractivity contribution in [2.45, 2.75) is 37.5 Å². The number of aliphatic imine (C=N–C) groups is 1. The number of hydrogen-bond donors (Lipinski definition) is 2. The number of guanidine groups is 1. The Labute approximate surface area is 149 Å². The highest BCUT2D eigenvalue weighted by Crippen LogP contribution is 2.34. The molecule has 3 rings (SSSR count). The first-order chi connectivity index (χ1) is 11.9. The number of ether oxygens (including phenoxy) is 1. The average molecular weight is 348 g/mol. The summed E-state index contributed by atoms with van der Waals surface area (Å²) >= 11 is 2.08. The van der Waals surface area contributed by atoms with E-state index in [0.29, 0.717) is 5.92 Å². The SMILES string of the molecule is CCNC(=NCC1CCOC1c1ccccc1)NCC1CCCS1. The van der Waals surface area contributed by atoms with E-state index < -0.39 is 0 Å². The minimum atomic E-state index is 0.184. The minimum Gasteiger partial charge on any atom is -0.373 e. The molecule has 2 N–H and O–H groups in total. The Bertz CT molecular complexity index is 517. The van der Waals surface area contributed by atoms with Crippen molar-refractivity contribution in [3.8, 4) is 0 Å². The standard InChI is InChI=1S/C19H29N3OS/c1-2-20-19(22-14-17-9-6-12-24-17)21-13-16-10-11-23-18(16)15-7-4-3-5-8-15/h3-5,7-8,16-18H,2,6,9-14H2,1H3,(H2,20,21,22). The molecule has 0 bridgehead atoms. The molecule has 0 radical (unpaired) electrons. The number of thioether (sulfide) groups is 1. The van der Waals surface area contributed by atoms with Crippen LogP contribution in [0, 0.1) is 5.92 Å². The Morgan fingerprint density at radius 1 is 1.25 bits per heavy atom. The molecule has 2 aliphatic heterocycles. The van der Waals surface area contributed by atoms with E-state index in [1.807, 2.05) is 0 Å². The predicted molar refractivity (Wildman–Crippen MR) is 103 cm³/mol. The van der Waals surface area contributed by atoms with Crippen LogP contribution in [0.3, 0.4) is 0 Å². The Hall–Kier alpha value is -1.20. The average Bonchev–Trinajstić information content (AvgIpc) is 3.29. The summed E-state index contributed by atoms with van der Waals surface area (Å²) in [5, 5.41) is 7.63. The fourth-order valence-corrected chi connectivity index (χ4v) is 4.60. The zero-order valence-electron chi connectivity index (χ0n) is 14.5. The van der Waals surface area contributed by atoms with Gasteiger partial charge in [0, 0.05) is 37.4 Å². The molecule has 2 heterocycles. The molecule has 5 heteroatoms. The maximum atomic E-state index is 5.97. The van der Waals surface area contributed by atoms with E-state index in [4.69, 9.17) is 9.73 Å². The maximum absolute atomic E-state index is 5.97. The van der Waals surface area contributed by atoms with Gasteiger partial charge in [0.25, 0.3) is 0 Å². The van der Waals surface area contributed by atoms with Gasteiger partial charge in [-0.2, -0.15) is 11.8 Å². The molecule has 1 aromatic rings. The van der Waals surface area contributed by atoms with E-state index >= 15 is 0 Å². The monoisotopic (exact) mass is 347 g/mol. The zero-order chi connectivity index (χ0) is 16.6. The molecule has 2 aliphatic rings. The van der Waals surface area contributed by atoms with Crippen molar-refractivity contribution in [3.63, 3.8) is 0 Å². The first-order valence-electron chi connectivity index (χ1n) is 9.17. The second-order valence-corrected chi connectivity index (χ2v) is 7.89. The predicted octanol–water partition coefficient (Wildman–Crippen LogP) is 3.21. The van der Waals surface area contributed by atoms with Crippen molar-refractivity contribution in [3.05, 3.63) is 35.9 Å². The molecule has 4 nitrogen and oxygen atoms in total. The van der Waals surface area contributed by atoms with E-state index in [1.54, 1.807) is 0 Å². The first kappa shape index (κ1) is 17.6. The second kappa shape index (κ2) is 9.33. The Balaban J connectivity index is 1.56. The summed E-state index contributed by atoms with van der Waals surface area (Å²) in [7, 11) is 0. The third kappa shape index (κ3) is 4.90. The van der Waals surface area contributed by atoms with Crippen LogP contribution < -0.4 is 10.6 Å². The van der Waals surface area contributed by atoms with Crippen molar-refractivity contribution in [1.29, 1.82) is 0 Å². The molecular weight excluding hydrogens is 318 g/mol. The molecule has 3 atom stereocenters. The van der Waals surface area contributed by atoms with Crippen molar-refractivity contribution in [2.75, 3.05) is 32.0 Å². The number of hydrogen-bond acceptors (Lipinski definition) is 3. The van der Waals surface area contributed by atoms with Crippen LogP contribution in [0.1, 0.15) is 37.9 Å². The quantitative estimate of drug-likeness (QED) is 0.613. The molecule has 2 saturated heterocycles. The topological polar surface area (TPSA) is 45.7 Å². The molecule has 24 heavy (non-hydrogen) atoms. The van der Waals surface area contributed by atoms with Crippen LogP contribution >= 0.6 is 11.8 Å². The molecule has 0 amide bonds. The van der Waals surface area contributed by atoms with Crippen molar-refractivity contribution in [1.82, 2.24) is 10.6 Å². The smallest absolute Gasteiger partial charge is 0.191 e. The van der Waals surface area contributed by atoms with E-state index in [1.165, 1.54) is 24.2 Å². The summed E-state index contributed by atoms with van der Waals surface area (Å²) in [6.07, 6.45) is 3.94. The Morgan fingerprint density at radius 2 is 2.12 bits per heavy atom. The summed E-state index contributed by atoms with van der Waals surface area (Å²) in [5.74, 6) is 2.71. The summed E-state index contributed by atoms with van der Waals surface area (Å²) in [4.78, 5) is 4.84. The molecule has 0 saturated carbocycles. The van der Waals surface area contributed by atoms with E-state index in [-0.39, 0.29) is 6.10 Å². The summed E-state index contributed by atoms with van der Waals surface area (Å²) in [6.45, 7) is 5.68. The van der Waals surface area contributed by atoms with Crippen molar-refractivity contribution in [2.24, 2.45) is 10.9 Å². The lowest BCUT2D eigenvalue weighted by molar-refractivity contribution is 0.0925. The van der Waals surface area contributed by atoms with Crippen LogP contribution in [-0.2, 0) is 4.74 Å². The highest BCUT2D eigenvalue weighted by Gasteiger charge is 2.29. The van der Waals surface area contributed by atoms with Gasteiger partial charge in [-0.1, -0.05) is 30.3 Å². The normalized spacial score (nSPS) is 27.4. The lowest BCUT2D eigenvalue weighted by atomic mass is 9.95. The van der Waals surface area contributed by atoms with Crippen molar-refractivity contribution >= 4 is 17.7 Å². The van der Waals surface area contributed by atoms with Gasteiger partial charge in [-0.25, -0.2) is 0 Å². The lowest BCUT2D eigenvalue weighted by Gasteiger charge is -2.19. The molecule has 0 spiro atoms. The van der Waals surface area contributed by atoms with Gasteiger partial charge in [-0.3, -0.25) is 4.99 Å². The lowest BCUT2D eigenvalue weighted by Crippen LogP contribution is -2.40. The first-order valence-corrected chi connectivity index (χ1v) is 10.2. The van der Waals surface area contributed by atoms with Gasteiger partial charge in [0.2, 0.25) is 0 Å². The largest absolute Gasteiger partial charge is 0.373 e. The van der Waals surface area contributed by atoms with Crippen LogP contribution in [0.2, 0.25) is 0 Å². The van der Waals surface area contributed by atoms with Gasteiger partial charge in [0.05, 0.1) is 6.10 Å². The van der Waals surface area contributed by atoms with Gasteiger partial charge in [0.15, 0.2) is 5.96 Å². The third-order valence-corrected chi connectivity index (χ3v) is 6.09. The van der Waals surface area contributed by atoms with E-state index in [0.717, 1.165) is 43.9 Å². The maximum Gasteiger partial charge on any atom is 0.191 e.